The van der Waals surface area contributed by atoms with Gasteiger partial charge in [-0.25, -0.2) is 0 Å². The SMILES string of the molecule is CC(N(C)c1ccc2c(c1)N(C)C(=O)C2N)C(C)(C)C. The predicted octanol–water partition coefficient (Wildman–Crippen LogP) is 2.53. The van der Waals surface area contributed by atoms with Crippen LogP contribution >= 0.6 is 0 Å². The molecule has 20 heavy (non-hydrogen) atoms. The number of nitrogens with two attached hydrogens (primary N) is 1. The first-order chi connectivity index (χ1) is 9.14. The zero-order chi connectivity index (χ0) is 15.2. The summed E-state index contributed by atoms with van der Waals surface area (Å²) in [5.74, 6) is -0.0383. The number of rotatable bonds is 2. The van der Waals surface area contributed by atoms with Gasteiger partial charge in [0.1, 0.15) is 6.04 Å². The molecule has 4 heteroatoms. The van der Waals surface area contributed by atoms with Gasteiger partial charge in [-0.3, -0.25) is 4.79 Å². The molecule has 110 valence electrons. The number of amides is 1. The molecule has 0 spiro atoms. The maximum Gasteiger partial charge on any atom is 0.248 e. The molecule has 0 fully saturated rings. The maximum atomic E-state index is 11.9. The van der Waals surface area contributed by atoms with Gasteiger partial charge in [0, 0.05) is 31.4 Å². The molecule has 0 aromatic heterocycles. The fourth-order valence-corrected chi connectivity index (χ4v) is 2.57. The van der Waals surface area contributed by atoms with Crippen molar-refractivity contribution in [3.63, 3.8) is 0 Å². The number of hydrogen-bond acceptors (Lipinski definition) is 3. The van der Waals surface area contributed by atoms with Crippen LogP contribution in [0.4, 0.5) is 11.4 Å². The van der Waals surface area contributed by atoms with E-state index in [1.807, 2.05) is 12.1 Å². The second-order valence-electron chi connectivity index (χ2n) is 6.77. The lowest BCUT2D eigenvalue weighted by molar-refractivity contribution is -0.118. The minimum absolute atomic E-state index is 0.0383. The molecule has 0 aliphatic carbocycles. The highest BCUT2D eigenvalue weighted by molar-refractivity contribution is 6.04. The quantitative estimate of drug-likeness (QED) is 0.902. The molecule has 1 heterocycles. The first-order valence-corrected chi connectivity index (χ1v) is 7.04. The number of nitrogens with zero attached hydrogens (tertiary/aromatic N) is 2. The Balaban J connectivity index is 2.36. The summed E-state index contributed by atoms with van der Waals surface area (Å²) in [5.41, 5.74) is 9.07. The Morgan fingerprint density at radius 3 is 2.50 bits per heavy atom. The molecule has 2 atom stereocenters. The second-order valence-corrected chi connectivity index (χ2v) is 6.77. The van der Waals surface area contributed by atoms with Crippen molar-refractivity contribution in [1.29, 1.82) is 0 Å². The molecule has 0 radical (unpaired) electrons. The molecule has 0 bridgehead atoms. The van der Waals surface area contributed by atoms with Crippen molar-refractivity contribution in [2.24, 2.45) is 11.1 Å². The molecule has 0 saturated carbocycles. The average Bonchev–Trinajstić information content (AvgIpc) is 2.61. The molecular weight excluding hydrogens is 250 g/mol. The Morgan fingerprint density at radius 2 is 1.95 bits per heavy atom. The number of anilines is 2. The van der Waals surface area contributed by atoms with Crippen molar-refractivity contribution in [3.8, 4) is 0 Å². The van der Waals surface area contributed by atoms with Crippen LogP contribution in [0.15, 0.2) is 18.2 Å². The van der Waals surface area contributed by atoms with Gasteiger partial charge in [-0.1, -0.05) is 26.8 Å². The zero-order valence-corrected chi connectivity index (χ0v) is 13.3. The highest BCUT2D eigenvalue weighted by atomic mass is 16.2. The van der Waals surface area contributed by atoms with Crippen LogP contribution in [-0.2, 0) is 4.79 Å². The van der Waals surface area contributed by atoms with Crippen LogP contribution < -0.4 is 15.5 Å². The molecular formula is C16H25N3O. The third-order valence-electron chi connectivity index (χ3n) is 4.55. The molecule has 0 saturated heterocycles. The van der Waals surface area contributed by atoms with Gasteiger partial charge < -0.3 is 15.5 Å². The Bertz CT molecular complexity index is 533. The Morgan fingerprint density at radius 1 is 1.35 bits per heavy atom. The molecule has 1 amide bonds. The van der Waals surface area contributed by atoms with E-state index in [0.29, 0.717) is 6.04 Å². The molecule has 2 N–H and O–H groups in total. The van der Waals surface area contributed by atoms with Crippen LogP contribution in [0.25, 0.3) is 0 Å². The standard InChI is InChI=1S/C16H25N3O/c1-10(16(2,3)4)18(5)11-7-8-12-13(9-11)19(6)15(20)14(12)17/h7-10,14H,17H2,1-6H3. The summed E-state index contributed by atoms with van der Waals surface area (Å²) >= 11 is 0. The zero-order valence-electron chi connectivity index (χ0n) is 13.3. The first-order valence-electron chi connectivity index (χ1n) is 7.04. The first kappa shape index (κ1) is 14.9. The van der Waals surface area contributed by atoms with E-state index in [9.17, 15) is 4.79 Å². The molecule has 1 aromatic carbocycles. The van der Waals surface area contributed by atoms with Crippen LogP contribution in [0.2, 0.25) is 0 Å². The molecule has 1 aromatic rings. The van der Waals surface area contributed by atoms with E-state index in [2.05, 4.69) is 45.7 Å². The highest BCUT2D eigenvalue weighted by Crippen LogP contribution is 2.37. The van der Waals surface area contributed by atoms with Crippen molar-refractivity contribution >= 4 is 17.3 Å². The minimum atomic E-state index is -0.519. The van der Waals surface area contributed by atoms with E-state index in [1.54, 1.807) is 11.9 Å². The predicted molar refractivity (Wildman–Crippen MR) is 84.1 cm³/mol. The Hall–Kier alpha value is -1.55. The monoisotopic (exact) mass is 275 g/mol. The average molecular weight is 275 g/mol. The lowest BCUT2D eigenvalue weighted by atomic mass is 9.87. The maximum absolute atomic E-state index is 11.9. The van der Waals surface area contributed by atoms with Gasteiger partial charge in [0.2, 0.25) is 5.91 Å². The molecule has 2 rings (SSSR count). The topological polar surface area (TPSA) is 49.6 Å². The van der Waals surface area contributed by atoms with E-state index in [1.165, 1.54) is 0 Å². The lowest BCUT2D eigenvalue weighted by Crippen LogP contribution is -2.39. The molecule has 2 unspecified atom stereocenters. The van der Waals surface area contributed by atoms with Crippen molar-refractivity contribution < 1.29 is 4.79 Å². The van der Waals surface area contributed by atoms with Gasteiger partial charge in [0.25, 0.3) is 0 Å². The normalized spacial score (nSPS) is 20.1. The van der Waals surface area contributed by atoms with Gasteiger partial charge in [-0.15, -0.1) is 0 Å². The number of likely N-dealkylation sites (N-methyl/N-ethyl adjacent to an activating group) is 1. The summed E-state index contributed by atoms with van der Waals surface area (Å²) in [6.07, 6.45) is 0. The van der Waals surface area contributed by atoms with Crippen LogP contribution in [0, 0.1) is 5.41 Å². The van der Waals surface area contributed by atoms with Crippen LogP contribution in [-0.4, -0.2) is 26.0 Å². The molecule has 1 aliphatic rings. The smallest absolute Gasteiger partial charge is 0.248 e. The van der Waals surface area contributed by atoms with E-state index < -0.39 is 6.04 Å². The van der Waals surface area contributed by atoms with Crippen molar-refractivity contribution in [3.05, 3.63) is 23.8 Å². The third-order valence-corrected chi connectivity index (χ3v) is 4.55. The summed E-state index contributed by atoms with van der Waals surface area (Å²) in [5, 5.41) is 0. The summed E-state index contributed by atoms with van der Waals surface area (Å²) in [6.45, 7) is 8.90. The number of benzene rings is 1. The number of carbonyl (C=O) groups excluding carboxylic acids is 1. The number of hydrogen-bond donors (Lipinski definition) is 1. The fourth-order valence-electron chi connectivity index (χ4n) is 2.57. The van der Waals surface area contributed by atoms with Crippen molar-refractivity contribution in [1.82, 2.24) is 0 Å². The minimum Gasteiger partial charge on any atom is -0.371 e. The van der Waals surface area contributed by atoms with Crippen LogP contribution in [0.5, 0.6) is 0 Å². The second kappa shape index (κ2) is 4.77. The van der Waals surface area contributed by atoms with Gasteiger partial charge in [0.05, 0.1) is 5.69 Å². The molecule has 4 nitrogen and oxygen atoms in total. The van der Waals surface area contributed by atoms with E-state index in [4.69, 9.17) is 5.73 Å². The van der Waals surface area contributed by atoms with Gasteiger partial charge in [-0.05, 0) is 24.5 Å². The van der Waals surface area contributed by atoms with E-state index in [0.717, 1.165) is 16.9 Å². The highest BCUT2D eigenvalue weighted by Gasteiger charge is 2.33. The van der Waals surface area contributed by atoms with Crippen molar-refractivity contribution in [2.45, 2.75) is 39.8 Å². The molecule has 1 aliphatic heterocycles. The van der Waals surface area contributed by atoms with Crippen molar-refractivity contribution in [2.75, 3.05) is 23.9 Å². The Labute approximate surface area is 121 Å². The van der Waals surface area contributed by atoms with E-state index >= 15 is 0 Å². The summed E-state index contributed by atoms with van der Waals surface area (Å²) in [4.78, 5) is 15.8. The van der Waals surface area contributed by atoms with Crippen LogP contribution in [0.3, 0.4) is 0 Å². The van der Waals surface area contributed by atoms with Gasteiger partial charge in [0.15, 0.2) is 0 Å². The third kappa shape index (κ3) is 2.29. The number of fused-ring (bicyclic) bond motifs is 1. The fraction of sp³-hybridized carbons (Fsp3) is 0.562. The summed E-state index contributed by atoms with van der Waals surface area (Å²) in [6, 6.07) is 5.95. The van der Waals surface area contributed by atoms with Crippen LogP contribution in [0.1, 0.15) is 39.3 Å². The largest absolute Gasteiger partial charge is 0.371 e. The number of carbonyl (C=O) groups is 1. The lowest BCUT2D eigenvalue weighted by Gasteiger charge is -2.37. The summed E-state index contributed by atoms with van der Waals surface area (Å²) < 4.78 is 0. The van der Waals surface area contributed by atoms with Gasteiger partial charge in [-0.2, -0.15) is 0 Å². The van der Waals surface area contributed by atoms with E-state index in [-0.39, 0.29) is 11.3 Å². The Kier molecular flexibility index (Phi) is 3.54. The van der Waals surface area contributed by atoms with Gasteiger partial charge >= 0.3 is 0 Å². The summed E-state index contributed by atoms with van der Waals surface area (Å²) in [7, 11) is 3.87.